The summed E-state index contributed by atoms with van der Waals surface area (Å²) in [5.74, 6) is 0.000947. The minimum absolute atomic E-state index is 0.00145. The van der Waals surface area contributed by atoms with E-state index in [1.165, 1.54) is 24.5 Å². The minimum atomic E-state index is -4.51. The molecule has 2 heterocycles. The SMILES string of the molecule is FC(F)(F)COCCSc1nnc(-c2ccncc2)n1CC(F)(F)F. The summed E-state index contributed by atoms with van der Waals surface area (Å²) in [5, 5.41) is 7.40. The number of thioether (sulfide) groups is 1. The van der Waals surface area contributed by atoms with Crippen LogP contribution in [0, 0.1) is 0 Å². The number of pyridine rings is 1. The van der Waals surface area contributed by atoms with Crippen molar-refractivity contribution in [2.45, 2.75) is 24.1 Å². The van der Waals surface area contributed by atoms with E-state index in [4.69, 9.17) is 0 Å². The Kier molecular flexibility index (Phi) is 6.27. The molecule has 0 N–H and O–H groups in total. The molecule has 5 nitrogen and oxygen atoms in total. The number of hydrogen-bond donors (Lipinski definition) is 0. The lowest BCUT2D eigenvalue weighted by atomic mass is 10.2. The van der Waals surface area contributed by atoms with Crippen LogP contribution in [0.15, 0.2) is 29.7 Å². The van der Waals surface area contributed by atoms with E-state index in [0.717, 1.165) is 16.3 Å². The maximum atomic E-state index is 12.8. The van der Waals surface area contributed by atoms with Gasteiger partial charge in [0.25, 0.3) is 0 Å². The van der Waals surface area contributed by atoms with Gasteiger partial charge < -0.3 is 4.74 Å². The second-order valence-electron chi connectivity index (χ2n) is 4.76. The van der Waals surface area contributed by atoms with E-state index in [0.29, 0.717) is 5.56 Å². The molecule has 0 saturated carbocycles. The lowest BCUT2D eigenvalue weighted by molar-refractivity contribution is -0.172. The van der Waals surface area contributed by atoms with Crippen molar-refractivity contribution >= 4 is 11.8 Å². The third-order valence-corrected chi connectivity index (χ3v) is 3.65. The zero-order valence-electron chi connectivity index (χ0n) is 12.5. The molecule has 0 spiro atoms. The molecule has 2 aromatic heterocycles. The van der Waals surface area contributed by atoms with Gasteiger partial charge in [0, 0.05) is 23.7 Å². The Morgan fingerprint density at radius 2 is 1.68 bits per heavy atom. The molecule has 0 aromatic carbocycles. The maximum Gasteiger partial charge on any atom is 0.411 e. The predicted molar refractivity (Wildman–Crippen MR) is 76.9 cm³/mol. The van der Waals surface area contributed by atoms with Gasteiger partial charge in [-0.15, -0.1) is 10.2 Å². The summed E-state index contributed by atoms with van der Waals surface area (Å²) in [6.45, 7) is -3.01. The number of alkyl halides is 6. The summed E-state index contributed by atoms with van der Waals surface area (Å²) in [6.07, 6.45) is -6.15. The Balaban J connectivity index is 2.08. The van der Waals surface area contributed by atoms with Gasteiger partial charge in [-0.05, 0) is 12.1 Å². The molecule has 0 bridgehead atoms. The van der Waals surface area contributed by atoms with Crippen LogP contribution in [-0.4, -0.2) is 51.1 Å². The Labute approximate surface area is 142 Å². The van der Waals surface area contributed by atoms with Crippen molar-refractivity contribution in [3.63, 3.8) is 0 Å². The largest absolute Gasteiger partial charge is 0.411 e. The summed E-state index contributed by atoms with van der Waals surface area (Å²) < 4.78 is 79.6. The average molecular weight is 386 g/mol. The van der Waals surface area contributed by atoms with Gasteiger partial charge in [0.05, 0.1) is 6.61 Å². The molecule has 25 heavy (non-hydrogen) atoms. The van der Waals surface area contributed by atoms with Crippen LogP contribution >= 0.6 is 11.8 Å². The van der Waals surface area contributed by atoms with Crippen molar-refractivity contribution in [2.24, 2.45) is 0 Å². The van der Waals surface area contributed by atoms with Gasteiger partial charge in [0.2, 0.25) is 0 Å². The van der Waals surface area contributed by atoms with E-state index in [1.54, 1.807) is 0 Å². The van der Waals surface area contributed by atoms with Crippen molar-refractivity contribution < 1.29 is 31.1 Å². The first kappa shape index (κ1) is 19.5. The Bertz CT molecular complexity index is 673. The van der Waals surface area contributed by atoms with Gasteiger partial charge >= 0.3 is 12.4 Å². The third-order valence-electron chi connectivity index (χ3n) is 2.72. The summed E-state index contributed by atoms with van der Waals surface area (Å²) >= 11 is 0.835. The molecule has 0 aliphatic rings. The molecular weight excluding hydrogens is 374 g/mol. The monoisotopic (exact) mass is 386 g/mol. The van der Waals surface area contributed by atoms with E-state index in [1.807, 2.05) is 0 Å². The Morgan fingerprint density at radius 1 is 1.00 bits per heavy atom. The number of halogens is 6. The summed E-state index contributed by atoms with van der Waals surface area (Å²) in [6, 6.07) is 2.97. The van der Waals surface area contributed by atoms with Crippen LogP contribution in [0.2, 0.25) is 0 Å². The smallest absolute Gasteiger partial charge is 0.371 e. The zero-order valence-corrected chi connectivity index (χ0v) is 13.3. The third kappa shape index (κ3) is 6.53. The predicted octanol–water partition coefficient (Wildman–Crippen LogP) is 3.57. The standard InChI is InChI=1S/C13H12F6N4OS/c14-12(15,16)7-23-10(9-1-3-20-4-2-9)21-22-11(23)25-6-5-24-8-13(17,18)19/h1-4H,5-8H2. The van der Waals surface area contributed by atoms with Crippen LogP contribution in [0.5, 0.6) is 0 Å². The molecule has 0 aliphatic carbocycles. The normalized spacial score (nSPS) is 12.6. The summed E-state index contributed by atoms with van der Waals surface area (Å²) in [4.78, 5) is 3.78. The highest BCUT2D eigenvalue weighted by molar-refractivity contribution is 7.99. The highest BCUT2D eigenvalue weighted by atomic mass is 32.2. The van der Waals surface area contributed by atoms with E-state index >= 15 is 0 Å². The molecule has 138 valence electrons. The molecule has 2 aromatic rings. The maximum absolute atomic E-state index is 12.8. The quantitative estimate of drug-likeness (QED) is 0.414. The first-order chi connectivity index (χ1) is 11.7. The first-order valence-corrected chi connectivity index (χ1v) is 7.82. The lowest BCUT2D eigenvalue weighted by Gasteiger charge is -2.12. The van der Waals surface area contributed by atoms with Gasteiger partial charge in [-0.3, -0.25) is 9.55 Å². The van der Waals surface area contributed by atoms with E-state index in [9.17, 15) is 26.3 Å². The molecule has 0 fully saturated rings. The van der Waals surface area contributed by atoms with Crippen LogP contribution in [0.3, 0.4) is 0 Å². The second kappa shape index (κ2) is 8.04. The van der Waals surface area contributed by atoms with Gasteiger partial charge in [-0.1, -0.05) is 11.8 Å². The van der Waals surface area contributed by atoms with E-state index < -0.39 is 25.5 Å². The van der Waals surface area contributed by atoms with Crippen molar-refractivity contribution in [1.29, 1.82) is 0 Å². The number of rotatable bonds is 7. The molecule has 0 radical (unpaired) electrons. The lowest BCUT2D eigenvalue weighted by Crippen LogP contribution is -2.20. The summed E-state index contributed by atoms with van der Waals surface area (Å²) in [7, 11) is 0. The van der Waals surface area contributed by atoms with Crippen molar-refractivity contribution in [2.75, 3.05) is 19.0 Å². The highest BCUT2D eigenvalue weighted by Gasteiger charge is 2.31. The molecule has 0 atom stereocenters. The number of aromatic nitrogens is 4. The molecular formula is C13H12F6N4OS. The van der Waals surface area contributed by atoms with Gasteiger partial charge in [0.15, 0.2) is 11.0 Å². The molecule has 0 unspecified atom stereocenters. The van der Waals surface area contributed by atoms with Gasteiger partial charge in [-0.25, -0.2) is 0 Å². The van der Waals surface area contributed by atoms with E-state index in [2.05, 4.69) is 19.9 Å². The van der Waals surface area contributed by atoms with Crippen molar-refractivity contribution in [3.8, 4) is 11.4 Å². The molecule has 12 heteroatoms. The molecule has 0 saturated heterocycles. The molecule has 0 aliphatic heterocycles. The number of ether oxygens (including phenoxy) is 1. The number of nitrogens with zero attached hydrogens (tertiary/aromatic N) is 4. The second-order valence-corrected chi connectivity index (χ2v) is 5.82. The van der Waals surface area contributed by atoms with Crippen molar-refractivity contribution in [3.05, 3.63) is 24.5 Å². The first-order valence-electron chi connectivity index (χ1n) is 6.83. The van der Waals surface area contributed by atoms with Crippen LogP contribution in [0.1, 0.15) is 0 Å². The minimum Gasteiger partial charge on any atom is -0.371 e. The zero-order chi connectivity index (χ0) is 18.5. The van der Waals surface area contributed by atoms with Gasteiger partial charge in [0.1, 0.15) is 13.2 Å². The number of hydrogen-bond acceptors (Lipinski definition) is 5. The molecule has 2 rings (SSSR count). The van der Waals surface area contributed by atoms with Crippen LogP contribution in [-0.2, 0) is 11.3 Å². The fraction of sp³-hybridized carbons (Fsp3) is 0.462. The van der Waals surface area contributed by atoms with Crippen LogP contribution in [0.4, 0.5) is 26.3 Å². The Hall–Kier alpha value is -1.82. The van der Waals surface area contributed by atoms with Gasteiger partial charge in [-0.2, -0.15) is 26.3 Å². The van der Waals surface area contributed by atoms with Crippen LogP contribution < -0.4 is 0 Å². The average Bonchev–Trinajstić information content (AvgIpc) is 2.87. The van der Waals surface area contributed by atoms with E-state index in [-0.39, 0.29) is 23.3 Å². The van der Waals surface area contributed by atoms with Crippen LogP contribution in [0.25, 0.3) is 11.4 Å². The highest BCUT2D eigenvalue weighted by Crippen LogP contribution is 2.28. The topological polar surface area (TPSA) is 52.8 Å². The molecule has 0 amide bonds. The summed E-state index contributed by atoms with van der Waals surface area (Å²) in [5.41, 5.74) is 0.395. The fourth-order valence-electron chi connectivity index (χ4n) is 1.81. The fourth-order valence-corrected chi connectivity index (χ4v) is 2.60. The Morgan fingerprint density at radius 3 is 2.28 bits per heavy atom. The van der Waals surface area contributed by atoms with Crippen molar-refractivity contribution in [1.82, 2.24) is 19.7 Å².